The summed E-state index contributed by atoms with van der Waals surface area (Å²) in [6, 6.07) is 13.4. The predicted octanol–water partition coefficient (Wildman–Crippen LogP) is 6.66. The van der Waals surface area contributed by atoms with E-state index >= 15 is 0 Å². The van der Waals surface area contributed by atoms with E-state index in [0.29, 0.717) is 12.2 Å². The second-order valence-corrected chi connectivity index (χ2v) is 10.1. The Kier molecular flexibility index (Phi) is 6.37. The van der Waals surface area contributed by atoms with E-state index in [-0.39, 0.29) is 6.04 Å². The normalized spacial score (nSPS) is 14.9. The Morgan fingerprint density at radius 1 is 1.24 bits per heavy atom. The van der Waals surface area contributed by atoms with Gasteiger partial charge in [0.15, 0.2) is 5.65 Å². The third kappa shape index (κ3) is 4.89. The second kappa shape index (κ2) is 9.65. The number of anilines is 3. The topological polar surface area (TPSA) is 101 Å². The zero-order valence-electron chi connectivity index (χ0n) is 21.4. The highest BCUT2D eigenvalue weighted by molar-refractivity contribution is 5.90. The molecule has 2 aromatic heterocycles. The summed E-state index contributed by atoms with van der Waals surface area (Å²) in [5, 5.41) is 6.79. The molecule has 1 amide bonds. The average Bonchev–Trinajstić information content (AvgIpc) is 3.45. The van der Waals surface area contributed by atoms with Crippen LogP contribution in [0.15, 0.2) is 66.2 Å². The van der Waals surface area contributed by atoms with Gasteiger partial charge < -0.3 is 10.1 Å². The number of nitrogens with zero attached hydrogens (tertiary/aromatic N) is 5. The Morgan fingerprint density at radius 2 is 2.08 bits per heavy atom. The van der Waals surface area contributed by atoms with Gasteiger partial charge in [-0.05, 0) is 75.9 Å². The summed E-state index contributed by atoms with van der Waals surface area (Å²) in [5.74, 6) is 0.776. The minimum absolute atomic E-state index is 0.268. The molecule has 0 saturated carbocycles. The van der Waals surface area contributed by atoms with Crippen LogP contribution in [0.3, 0.4) is 0 Å². The van der Waals surface area contributed by atoms with E-state index in [1.54, 1.807) is 17.3 Å². The van der Waals surface area contributed by atoms with Crippen molar-refractivity contribution in [3.8, 4) is 11.3 Å². The van der Waals surface area contributed by atoms with Gasteiger partial charge in [-0.3, -0.25) is 14.3 Å². The lowest BCUT2D eigenvalue weighted by Crippen LogP contribution is -2.36. The molecular weight excluding hydrogens is 468 g/mol. The molecule has 2 aromatic carbocycles. The molecule has 1 unspecified atom stereocenters. The molecule has 37 heavy (non-hydrogen) atoms. The molecule has 1 aliphatic rings. The van der Waals surface area contributed by atoms with Crippen molar-refractivity contribution in [3.63, 3.8) is 0 Å². The van der Waals surface area contributed by atoms with Crippen LogP contribution in [-0.4, -0.2) is 32.6 Å². The minimum atomic E-state index is -0.592. The monoisotopic (exact) mass is 498 g/mol. The fourth-order valence-electron chi connectivity index (χ4n) is 4.70. The lowest BCUT2D eigenvalue weighted by Gasteiger charge is -2.26. The Labute approximate surface area is 215 Å². The van der Waals surface area contributed by atoms with Crippen molar-refractivity contribution in [2.24, 2.45) is 5.18 Å². The maximum Gasteiger partial charge on any atom is 0.414 e. The van der Waals surface area contributed by atoms with E-state index in [9.17, 15) is 9.70 Å². The second-order valence-electron chi connectivity index (χ2n) is 10.1. The summed E-state index contributed by atoms with van der Waals surface area (Å²) in [7, 11) is 0. The summed E-state index contributed by atoms with van der Waals surface area (Å²) in [4.78, 5) is 34.7. The molecular formula is C28H30N6O3. The van der Waals surface area contributed by atoms with Crippen LogP contribution in [0.5, 0.6) is 0 Å². The van der Waals surface area contributed by atoms with E-state index in [4.69, 9.17) is 9.72 Å². The van der Waals surface area contributed by atoms with Crippen molar-refractivity contribution < 1.29 is 9.53 Å². The average molecular weight is 499 g/mol. The summed E-state index contributed by atoms with van der Waals surface area (Å²) in [6.45, 7) is 7.94. The number of rotatable bonds is 6. The predicted molar refractivity (Wildman–Crippen MR) is 144 cm³/mol. The molecule has 9 heteroatoms. The van der Waals surface area contributed by atoms with Crippen molar-refractivity contribution in [2.45, 2.75) is 52.2 Å². The molecule has 0 bridgehead atoms. The van der Waals surface area contributed by atoms with Gasteiger partial charge in [0.05, 0.1) is 6.20 Å². The highest BCUT2D eigenvalue weighted by atomic mass is 16.6. The van der Waals surface area contributed by atoms with E-state index in [1.165, 1.54) is 0 Å². The molecule has 0 saturated heterocycles. The molecule has 5 rings (SSSR count). The van der Waals surface area contributed by atoms with Crippen molar-refractivity contribution in [1.29, 1.82) is 0 Å². The van der Waals surface area contributed by atoms with Gasteiger partial charge in [0.2, 0.25) is 0 Å². The summed E-state index contributed by atoms with van der Waals surface area (Å²) in [5.41, 5.74) is 5.41. The Hall–Kier alpha value is -4.27. The summed E-state index contributed by atoms with van der Waals surface area (Å²) >= 11 is 0. The molecule has 0 aliphatic heterocycles. The van der Waals surface area contributed by atoms with Crippen LogP contribution < -0.4 is 10.2 Å². The van der Waals surface area contributed by atoms with Gasteiger partial charge in [-0.1, -0.05) is 23.4 Å². The van der Waals surface area contributed by atoms with Gasteiger partial charge in [0.1, 0.15) is 23.2 Å². The lowest BCUT2D eigenvalue weighted by molar-refractivity contribution is 0.0582. The smallest absolute Gasteiger partial charge is 0.414 e. The van der Waals surface area contributed by atoms with E-state index in [1.807, 2.05) is 74.7 Å². The summed E-state index contributed by atoms with van der Waals surface area (Å²) in [6.07, 6.45) is 6.45. The number of fused-ring (bicyclic) bond motifs is 2. The molecule has 1 N–H and O–H groups in total. The van der Waals surface area contributed by atoms with Gasteiger partial charge in [-0.2, -0.15) is 4.91 Å². The number of nitroso groups, excluding NO2 is 1. The highest BCUT2D eigenvalue weighted by Crippen LogP contribution is 2.37. The van der Waals surface area contributed by atoms with Gasteiger partial charge in [-0.15, -0.1) is 0 Å². The zero-order valence-corrected chi connectivity index (χ0v) is 21.4. The first-order valence-electron chi connectivity index (χ1n) is 12.4. The maximum atomic E-state index is 12.9. The van der Waals surface area contributed by atoms with Gasteiger partial charge in [0.25, 0.3) is 0 Å². The number of nitrogens with one attached hydrogen (secondary N) is 1. The minimum Gasteiger partial charge on any atom is -0.443 e. The quantitative estimate of drug-likeness (QED) is 0.299. The molecule has 190 valence electrons. The molecule has 9 nitrogen and oxygen atoms in total. The number of hydrogen-bond acceptors (Lipinski definition) is 7. The van der Waals surface area contributed by atoms with Crippen LogP contribution >= 0.6 is 0 Å². The molecule has 0 radical (unpaired) electrons. The fraction of sp³-hybridized carbons (Fsp3) is 0.321. The molecule has 1 atom stereocenters. The number of hydrogen-bond donors (Lipinski definition) is 1. The van der Waals surface area contributed by atoms with Crippen LogP contribution in [0, 0.1) is 4.91 Å². The largest absolute Gasteiger partial charge is 0.443 e. The van der Waals surface area contributed by atoms with Crippen molar-refractivity contribution in [2.75, 3.05) is 16.8 Å². The zero-order chi connectivity index (χ0) is 26.2. The number of benzene rings is 2. The first-order valence-corrected chi connectivity index (χ1v) is 12.4. The fourth-order valence-corrected chi connectivity index (χ4v) is 4.70. The Bertz CT molecular complexity index is 1470. The Balaban J connectivity index is 1.53. The van der Waals surface area contributed by atoms with E-state index in [0.717, 1.165) is 52.4 Å². The maximum absolute atomic E-state index is 12.9. The number of carbonyl (C=O) groups is 1. The molecule has 0 spiro atoms. The number of aromatic nitrogens is 3. The van der Waals surface area contributed by atoms with Gasteiger partial charge >= 0.3 is 6.09 Å². The first kappa shape index (κ1) is 24.4. The van der Waals surface area contributed by atoms with Gasteiger partial charge in [-0.25, -0.2) is 9.78 Å². The van der Waals surface area contributed by atoms with E-state index < -0.39 is 11.7 Å². The SMILES string of the molecule is CCN(C(=O)OC(C)(C)C)c1cccc(-c2nc3cnccn3c2Nc2ccc3c(c2)CCC3N=O)c1. The molecule has 1 aliphatic carbocycles. The van der Waals surface area contributed by atoms with Crippen LogP contribution in [0.4, 0.5) is 22.0 Å². The first-order chi connectivity index (χ1) is 17.8. The third-order valence-corrected chi connectivity index (χ3v) is 6.37. The third-order valence-electron chi connectivity index (χ3n) is 6.37. The number of imidazole rings is 1. The molecule has 2 heterocycles. The van der Waals surface area contributed by atoms with Crippen LogP contribution in [-0.2, 0) is 11.2 Å². The molecule has 4 aromatic rings. The van der Waals surface area contributed by atoms with Crippen molar-refractivity contribution in [3.05, 3.63) is 77.1 Å². The van der Waals surface area contributed by atoms with Crippen molar-refractivity contribution >= 4 is 28.9 Å². The van der Waals surface area contributed by atoms with Crippen LogP contribution in [0.25, 0.3) is 16.9 Å². The van der Waals surface area contributed by atoms with Gasteiger partial charge in [0, 0.05) is 35.9 Å². The van der Waals surface area contributed by atoms with E-state index in [2.05, 4.69) is 21.5 Å². The summed E-state index contributed by atoms with van der Waals surface area (Å²) < 4.78 is 7.56. The lowest BCUT2D eigenvalue weighted by atomic mass is 10.1. The van der Waals surface area contributed by atoms with Crippen LogP contribution in [0.2, 0.25) is 0 Å². The number of amides is 1. The molecule has 0 fully saturated rings. The Morgan fingerprint density at radius 3 is 2.84 bits per heavy atom. The van der Waals surface area contributed by atoms with Crippen LogP contribution in [0.1, 0.15) is 51.3 Å². The number of carbonyl (C=O) groups excluding carboxylic acids is 1. The van der Waals surface area contributed by atoms with Crippen molar-refractivity contribution in [1.82, 2.24) is 14.4 Å². The number of aryl methyl sites for hydroxylation is 1. The number of ether oxygens (including phenoxy) is 1. The highest BCUT2D eigenvalue weighted by Gasteiger charge is 2.25. The standard InChI is InChI=1S/C28H30N6O3/c1-5-33(27(35)37-28(2,3)4)21-8-6-7-19(16-21)25-26(34-14-13-29-17-24(34)31-25)30-20-10-11-22-18(15-20)9-12-23(22)32-36/h6-8,10-11,13-17,23,30H,5,9,12H2,1-4H3.